The van der Waals surface area contributed by atoms with Crippen LogP contribution in [0.1, 0.15) is 31.2 Å². The summed E-state index contributed by atoms with van der Waals surface area (Å²) in [7, 11) is 3.89. The van der Waals surface area contributed by atoms with Gasteiger partial charge in [-0.1, -0.05) is 13.0 Å². The van der Waals surface area contributed by atoms with Crippen LogP contribution >= 0.6 is 0 Å². The number of halogens is 2. The van der Waals surface area contributed by atoms with Crippen LogP contribution in [0.3, 0.4) is 0 Å². The number of likely N-dealkylation sites (tertiary alicyclic amines) is 1. The summed E-state index contributed by atoms with van der Waals surface area (Å²) in [6.45, 7) is 4.97. The second-order valence-electron chi connectivity index (χ2n) is 6.90. The van der Waals surface area contributed by atoms with Gasteiger partial charge in [-0.05, 0) is 44.0 Å². The van der Waals surface area contributed by atoms with Crippen LogP contribution in [0.2, 0.25) is 0 Å². The highest BCUT2D eigenvalue weighted by Gasteiger charge is 2.21. The fraction of sp³-hybridized carbons (Fsp3) is 0.611. The fourth-order valence-electron chi connectivity index (χ4n) is 3.28. The molecule has 0 aromatic heterocycles. The molecule has 0 aliphatic carbocycles. The number of nitrogens with one attached hydrogen (secondary N) is 1. The summed E-state index contributed by atoms with van der Waals surface area (Å²) in [6.07, 6.45) is 2.30. The van der Waals surface area contributed by atoms with Crippen molar-refractivity contribution in [3.63, 3.8) is 0 Å². The third-order valence-corrected chi connectivity index (χ3v) is 4.65. The van der Waals surface area contributed by atoms with Crippen LogP contribution in [0.4, 0.5) is 13.6 Å². The Morgan fingerprint density at radius 1 is 1.46 bits per heavy atom. The Morgan fingerprint density at radius 3 is 2.88 bits per heavy atom. The van der Waals surface area contributed by atoms with Crippen molar-refractivity contribution in [1.82, 2.24) is 15.1 Å². The number of urea groups is 1. The summed E-state index contributed by atoms with van der Waals surface area (Å²) in [5.41, 5.74) is 0.410. The lowest BCUT2D eigenvalue weighted by Crippen LogP contribution is -2.44. The average molecular weight is 339 g/mol. The number of rotatable bonds is 5. The van der Waals surface area contributed by atoms with Gasteiger partial charge >= 0.3 is 6.03 Å². The van der Waals surface area contributed by atoms with Gasteiger partial charge in [0.05, 0.1) is 0 Å². The van der Waals surface area contributed by atoms with Gasteiger partial charge in [0, 0.05) is 38.7 Å². The molecule has 0 radical (unpaired) electrons. The largest absolute Gasteiger partial charge is 0.337 e. The number of carbonyl (C=O) groups is 1. The highest BCUT2D eigenvalue weighted by molar-refractivity contribution is 5.73. The molecule has 2 rings (SSSR count). The Hall–Kier alpha value is -1.69. The van der Waals surface area contributed by atoms with Crippen LogP contribution in [-0.2, 0) is 0 Å². The number of carbonyl (C=O) groups excluding carboxylic acids is 1. The summed E-state index contributed by atoms with van der Waals surface area (Å²) in [5, 5.41) is 2.84. The lowest BCUT2D eigenvalue weighted by atomic mass is 9.98. The van der Waals surface area contributed by atoms with E-state index in [4.69, 9.17) is 0 Å². The van der Waals surface area contributed by atoms with Crippen molar-refractivity contribution in [3.05, 3.63) is 35.4 Å². The van der Waals surface area contributed by atoms with E-state index in [9.17, 15) is 13.6 Å². The van der Waals surface area contributed by atoms with Crippen molar-refractivity contribution in [2.75, 3.05) is 40.3 Å². The lowest BCUT2D eigenvalue weighted by Gasteiger charge is -2.32. The van der Waals surface area contributed by atoms with Crippen LogP contribution in [0.15, 0.2) is 18.2 Å². The summed E-state index contributed by atoms with van der Waals surface area (Å²) >= 11 is 0. The number of benzene rings is 1. The molecule has 1 aliphatic rings. The zero-order valence-corrected chi connectivity index (χ0v) is 14.7. The van der Waals surface area contributed by atoms with Gasteiger partial charge in [0.15, 0.2) is 0 Å². The first-order valence-electron chi connectivity index (χ1n) is 8.49. The molecule has 2 atom stereocenters. The predicted octanol–water partition coefficient (Wildman–Crippen LogP) is 3.05. The molecule has 1 aliphatic heterocycles. The Kier molecular flexibility index (Phi) is 6.54. The lowest BCUT2D eigenvalue weighted by molar-refractivity contribution is 0.163. The summed E-state index contributed by atoms with van der Waals surface area (Å²) in [6, 6.07) is 3.39. The van der Waals surface area contributed by atoms with Crippen molar-refractivity contribution in [3.8, 4) is 0 Å². The Morgan fingerprint density at radius 2 is 2.21 bits per heavy atom. The molecule has 1 fully saturated rings. The van der Waals surface area contributed by atoms with E-state index in [1.54, 1.807) is 11.9 Å². The zero-order valence-electron chi connectivity index (χ0n) is 14.7. The van der Waals surface area contributed by atoms with Crippen molar-refractivity contribution in [1.29, 1.82) is 0 Å². The minimum atomic E-state index is -0.593. The zero-order chi connectivity index (χ0) is 17.7. The first-order chi connectivity index (χ1) is 11.4. The quantitative estimate of drug-likeness (QED) is 0.895. The molecule has 2 amide bonds. The number of nitrogens with zero attached hydrogens (tertiary/aromatic N) is 2. The van der Waals surface area contributed by atoms with Crippen LogP contribution in [0.25, 0.3) is 0 Å². The van der Waals surface area contributed by atoms with E-state index in [-0.39, 0.29) is 11.9 Å². The number of hydrogen-bond donors (Lipinski definition) is 1. The molecule has 0 spiro atoms. The van der Waals surface area contributed by atoms with E-state index >= 15 is 0 Å². The molecule has 0 bridgehead atoms. The monoisotopic (exact) mass is 339 g/mol. The molecule has 0 saturated carbocycles. The summed E-state index contributed by atoms with van der Waals surface area (Å²) in [4.78, 5) is 16.2. The fourth-order valence-corrected chi connectivity index (χ4v) is 3.28. The van der Waals surface area contributed by atoms with Gasteiger partial charge in [0.2, 0.25) is 0 Å². The van der Waals surface area contributed by atoms with Crippen molar-refractivity contribution < 1.29 is 13.6 Å². The molecule has 24 heavy (non-hydrogen) atoms. The van der Waals surface area contributed by atoms with E-state index in [2.05, 4.69) is 17.3 Å². The highest BCUT2D eigenvalue weighted by Crippen LogP contribution is 2.19. The molecule has 2 unspecified atom stereocenters. The Labute approximate surface area is 142 Å². The molecular formula is C18H27F2N3O. The molecular weight excluding hydrogens is 312 g/mol. The smallest absolute Gasteiger partial charge is 0.317 e. The average Bonchev–Trinajstić information content (AvgIpc) is 2.52. The number of hydrogen-bond acceptors (Lipinski definition) is 2. The van der Waals surface area contributed by atoms with Gasteiger partial charge in [0.1, 0.15) is 11.6 Å². The third kappa shape index (κ3) is 5.16. The van der Waals surface area contributed by atoms with E-state index < -0.39 is 11.6 Å². The van der Waals surface area contributed by atoms with Crippen molar-refractivity contribution >= 4 is 6.03 Å². The standard InChI is InChI=1S/C18H27F2N3O/c1-13(16-7-6-15(19)9-17(16)20)10-21-18(24)23(3)12-14-5-4-8-22(2)11-14/h6-7,9,13-14H,4-5,8,10-12H2,1-3H3,(H,21,24). The van der Waals surface area contributed by atoms with Gasteiger partial charge in [-0.2, -0.15) is 0 Å². The van der Waals surface area contributed by atoms with Crippen LogP contribution in [0.5, 0.6) is 0 Å². The second kappa shape index (κ2) is 8.42. The molecule has 1 saturated heterocycles. The summed E-state index contributed by atoms with van der Waals surface area (Å²) < 4.78 is 26.7. The normalized spacial score (nSPS) is 19.8. The van der Waals surface area contributed by atoms with Crippen LogP contribution in [-0.4, -0.2) is 56.1 Å². The molecule has 1 N–H and O–H groups in total. The second-order valence-corrected chi connectivity index (χ2v) is 6.90. The molecule has 1 heterocycles. The third-order valence-electron chi connectivity index (χ3n) is 4.65. The van der Waals surface area contributed by atoms with E-state index in [0.717, 1.165) is 38.5 Å². The Balaban J connectivity index is 1.81. The topological polar surface area (TPSA) is 35.6 Å². The minimum absolute atomic E-state index is 0.155. The van der Waals surface area contributed by atoms with Crippen molar-refractivity contribution in [2.24, 2.45) is 5.92 Å². The molecule has 134 valence electrons. The first-order valence-corrected chi connectivity index (χ1v) is 8.49. The summed E-state index contributed by atoms with van der Waals surface area (Å²) in [5.74, 6) is -0.893. The molecule has 4 nitrogen and oxygen atoms in total. The van der Waals surface area contributed by atoms with E-state index in [1.807, 2.05) is 6.92 Å². The maximum absolute atomic E-state index is 13.8. The first kappa shape index (κ1) is 18.6. The maximum atomic E-state index is 13.8. The van der Waals surface area contributed by atoms with Crippen LogP contribution in [0, 0.1) is 17.6 Å². The SMILES string of the molecule is CC(CNC(=O)N(C)CC1CCCN(C)C1)c1ccc(F)cc1F. The predicted molar refractivity (Wildman–Crippen MR) is 91.0 cm³/mol. The minimum Gasteiger partial charge on any atom is -0.337 e. The van der Waals surface area contributed by atoms with Gasteiger partial charge in [-0.3, -0.25) is 0 Å². The molecule has 1 aromatic carbocycles. The number of piperidine rings is 1. The van der Waals surface area contributed by atoms with E-state index in [1.165, 1.54) is 12.1 Å². The Bertz CT molecular complexity index is 567. The van der Waals surface area contributed by atoms with Gasteiger partial charge < -0.3 is 15.1 Å². The van der Waals surface area contributed by atoms with Gasteiger partial charge in [-0.25, -0.2) is 13.6 Å². The van der Waals surface area contributed by atoms with Crippen LogP contribution < -0.4 is 5.32 Å². The maximum Gasteiger partial charge on any atom is 0.317 e. The molecule has 1 aromatic rings. The molecule has 6 heteroatoms. The van der Waals surface area contributed by atoms with E-state index in [0.29, 0.717) is 18.0 Å². The number of amides is 2. The van der Waals surface area contributed by atoms with Gasteiger partial charge in [0.25, 0.3) is 0 Å². The highest BCUT2D eigenvalue weighted by atomic mass is 19.1. The van der Waals surface area contributed by atoms with Gasteiger partial charge in [-0.15, -0.1) is 0 Å². The van der Waals surface area contributed by atoms with Crippen molar-refractivity contribution in [2.45, 2.75) is 25.7 Å².